The molecule has 0 amide bonds. The van der Waals surface area contributed by atoms with E-state index in [9.17, 15) is 0 Å². The van der Waals surface area contributed by atoms with E-state index in [-0.39, 0.29) is 6.73 Å². The standard InChI is InChI=1S/C17H15N4O/c18-20-19-13-22-17-11-10-15-8-4-5-9-16(15)21(17)12-14-6-2-1-3-7-14/h1-11H,12-13H2/q+1. The molecule has 0 fully saturated rings. The van der Waals surface area contributed by atoms with E-state index in [4.69, 9.17) is 10.3 Å². The number of fused-ring (bicyclic) bond motifs is 1. The molecule has 108 valence electrons. The van der Waals surface area contributed by atoms with Gasteiger partial charge in [-0.05, 0) is 17.7 Å². The number of pyridine rings is 1. The molecule has 0 spiro atoms. The Bertz CT molecular complexity index is 826. The number of benzene rings is 2. The van der Waals surface area contributed by atoms with Crippen LogP contribution in [0.5, 0.6) is 5.88 Å². The average molecular weight is 291 g/mol. The number of nitrogens with zero attached hydrogens (tertiary/aromatic N) is 4. The normalized spacial score (nSPS) is 10.2. The molecule has 5 nitrogen and oxygen atoms in total. The molecule has 0 radical (unpaired) electrons. The molecule has 0 saturated heterocycles. The highest BCUT2D eigenvalue weighted by Gasteiger charge is 2.17. The first-order valence-corrected chi connectivity index (χ1v) is 6.97. The first-order valence-electron chi connectivity index (χ1n) is 6.97. The summed E-state index contributed by atoms with van der Waals surface area (Å²) in [6.45, 7) is 0.664. The summed E-state index contributed by atoms with van der Waals surface area (Å²) in [6.07, 6.45) is 0. The number of para-hydroxylation sites is 1. The summed E-state index contributed by atoms with van der Waals surface area (Å²) in [4.78, 5) is 2.72. The van der Waals surface area contributed by atoms with Crippen LogP contribution in [0, 0.1) is 0 Å². The van der Waals surface area contributed by atoms with E-state index in [1.807, 2.05) is 42.5 Å². The molecule has 3 aromatic rings. The van der Waals surface area contributed by atoms with E-state index in [2.05, 4.69) is 38.9 Å². The van der Waals surface area contributed by atoms with Crippen LogP contribution < -0.4 is 9.30 Å². The van der Waals surface area contributed by atoms with Crippen LogP contribution in [0.3, 0.4) is 0 Å². The number of hydrogen-bond donors (Lipinski definition) is 0. The van der Waals surface area contributed by atoms with Crippen molar-refractivity contribution in [1.29, 1.82) is 0 Å². The predicted molar refractivity (Wildman–Crippen MR) is 84.3 cm³/mol. The molecule has 1 heterocycles. The van der Waals surface area contributed by atoms with Gasteiger partial charge in [-0.15, -0.1) is 0 Å². The summed E-state index contributed by atoms with van der Waals surface area (Å²) in [5.41, 5.74) is 10.6. The van der Waals surface area contributed by atoms with Gasteiger partial charge in [0.2, 0.25) is 5.52 Å². The third-order valence-corrected chi connectivity index (χ3v) is 3.42. The summed E-state index contributed by atoms with van der Waals surface area (Å²) in [5, 5.41) is 4.57. The Morgan fingerprint density at radius 2 is 1.73 bits per heavy atom. The second-order valence-electron chi connectivity index (χ2n) is 4.81. The molecule has 0 aliphatic heterocycles. The minimum absolute atomic E-state index is 0.0242. The van der Waals surface area contributed by atoms with Crippen LogP contribution in [-0.2, 0) is 6.54 Å². The van der Waals surface area contributed by atoms with Crippen LogP contribution in [0.25, 0.3) is 21.3 Å². The van der Waals surface area contributed by atoms with Crippen molar-refractivity contribution in [1.82, 2.24) is 0 Å². The van der Waals surface area contributed by atoms with Gasteiger partial charge in [0.1, 0.15) is 0 Å². The number of aromatic nitrogens is 1. The Morgan fingerprint density at radius 1 is 0.955 bits per heavy atom. The lowest BCUT2D eigenvalue weighted by Crippen LogP contribution is -2.37. The zero-order chi connectivity index (χ0) is 15.2. The monoisotopic (exact) mass is 291 g/mol. The summed E-state index contributed by atoms with van der Waals surface area (Å²) < 4.78 is 7.68. The van der Waals surface area contributed by atoms with E-state index in [0.29, 0.717) is 12.4 Å². The van der Waals surface area contributed by atoms with Crippen molar-refractivity contribution in [3.8, 4) is 5.88 Å². The lowest BCUT2D eigenvalue weighted by Gasteiger charge is -2.07. The largest absolute Gasteiger partial charge is 0.438 e. The summed E-state index contributed by atoms with van der Waals surface area (Å²) in [6, 6.07) is 22.2. The van der Waals surface area contributed by atoms with Crippen LogP contribution in [0.1, 0.15) is 5.56 Å². The Labute approximate surface area is 128 Å². The maximum Gasteiger partial charge on any atom is 0.368 e. The van der Waals surface area contributed by atoms with Gasteiger partial charge in [0.05, 0.1) is 6.07 Å². The molecule has 0 N–H and O–H groups in total. The van der Waals surface area contributed by atoms with E-state index < -0.39 is 0 Å². The molecule has 0 unspecified atom stereocenters. The predicted octanol–water partition coefficient (Wildman–Crippen LogP) is 3.82. The van der Waals surface area contributed by atoms with Crippen LogP contribution in [0.4, 0.5) is 0 Å². The van der Waals surface area contributed by atoms with Crippen molar-refractivity contribution in [2.75, 3.05) is 6.73 Å². The van der Waals surface area contributed by atoms with E-state index in [1.165, 1.54) is 5.56 Å². The highest BCUT2D eigenvalue weighted by molar-refractivity contribution is 5.75. The van der Waals surface area contributed by atoms with Gasteiger partial charge in [0, 0.05) is 21.9 Å². The number of azide groups is 1. The molecule has 1 aromatic heterocycles. The zero-order valence-corrected chi connectivity index (χ0v) is 12.0. The Hall–Kier alpha value is -3.04. The number of ether oxygens (including phenoxy) is 1. The van der Waals surface area contributed by atoms with E-state index in [1.54, 1.807) is 0 Å². The third-order valence-electron chi connectivity index (χ3n) is 3.42. The van der Waals surface area contributed by atoms with Gasteiger partial charge >= 0.3 is 5.88 Å². The van der Waals surface area contributed by atoms with E-state index in [0.717, 1.165) is 10.9 Å². The summed E-state index contributed by atoms with van der Waals surface area (Å²) in [5.74, 6) is 0.676. The fourth-order valence-corrected chi connectivity index (χ4v) is 2.42. The Balaban J connectivity index is 2.05. The van der Waals surface area contributed by atoms with Crippen molar-refractivity contribution < 1.29 is 9.30 Å². The Kier molecular flexibility index (Phi) is 4.18. The SMILES string of the molecule is [N-]=[N+]=NCOc1ccc2ccccc2[n+]1Cc1ccccc1. The van der Waals surface area contributed by atoms with Crippen molar-refractivity contribution in [2.45, 2.75) is 6.54 Å². The minimum Gasteiger partial charge on any atom is -0.438 e. The van der Waals surface area contributed by atoms with Crippen LogP contribution in [0.15, 0.2) is 71.8 Å². The average Bonchev–Trinajstić information content (AvgIpc) is 2.58. The maximum absolute atomic E-state index is 8.39. The first-order chi connectivity index (χ1) is 10.9. The third kappa shape index (κ3) is 3.00. The fraction of sp³-hybridized carbons (Fsp3) is 0.118. The van der Waals surface area contributed by atoms with Crippen LogP contribution in [0.2, 0.25) is 0 Å². The van der Waals surface area contributed by atoms with Crippen molar-refractivity contribution in [3.05, 3.63) is 82.7 Å². The lowest BCUT2D eigenvalue weighted by molar-refractivity contribution is -0.668. The van der Waals surface area contributed by atoms with Gasteiger partial charge in [-0.25, -0.2) is 0 Å². The number of hydrogen-bond acceptors (Lipinski definition) is 2. The molecular weight excluding hydrogens is 276 g/mol. The maximum atomic E-state index is 8.39. The quantitative estimate of drug-likeness (QED) is 0.305. The lowest BCUT2D eigenvalue weighted by atomic mass is 10.2. The summed E-state index contributed by atoms with van der Waals surface area (Å²) in [7, 11) is 0. The minimum atomic E-state index is -0.0242. The molecule has 0 aliphatic carbocycles. The van der Waals surface area contributed by atoms with Gasteiger partial charge in [-0.3, -0.25) is 0 Å². The molecule has 0 aliphatic rings. The molecule has 0 saturated carbocycles. The molecule has 5 heteroatoms. The Morgan fingerprint density at radius 3 is 2.55 bits per heavy atom. The zero-order valence-electron chi connectivity index (χ0n) is 12.0. The topological polar surface area (TPSA) is 61.9 Å². The second-order valence-corrected chi connectivity index (χ2v) is 4.81. The van der Waals surface area contributed by atoms with Gasteiger partial charge < -0.3 is 4.74 Å². The molecular formula is C17H15N4O+. The van der Waals surface area contributed by atoms with E-state index >= 15 is 0 Å². The van der Waals surface area contributed by atoms with Crippen LogP contribution in [-0.4, -0.2) is 6.73 Å². The molecule has 22 heavy (non-hydrogen) atoms. The molecule has 2 aromatic carbocycles. The summed E-state index contributed by atoms with van der Waals surface area (Å²) >= 11 is 0. The van der Waals surface area contributed by atoms with Gasteiger partial charge in [-0.1, -0.05) is 47.6 Å². The first kappa shape index (κ1) is 13.9. The highest BCUT2D eigenvalue weighted by atomic mass is 16.5. The molecule has 3 rings (SSSR count). The van der Waals surface area contributed by atoms with Crippen molar-refractivity contribution in [3.63, 3.8) is 0 Å². The van der Waals surface area contributed by atoms with Gasteiger partial charge in [0.15, 0.2) is 13.3 Å². The smallest absolute Gasteiger partial charge is 0.368 e. The fourth-order valence-electron chi connectivity index (χ4n) is 2.42. The second kappa shape index (κ2) is 6.61. The van der Waals surface area contributed by atoms with Crippen molar-refractivity contribution in [2.24, 2.45) is 5.11 Å². The highest BCUT2D eigenvalue weighted by Crippen LogP contribution is 2.16. The molecule has 0 bridgehead atoms. The van der Waals surface area contributed by atoms with Crippen LogP contribution >= 0.6 is 0 Å². The number of rotatable bonds is 5. The van der Waals surface area contributed by atoms with Crippen molar-refractivity contribution >= 4 is 10.9 Å². The van der Waals surface area contributed by atoms with Gasteiger partial charge in [0.25, 0.3) is 0 Å². The van der Waals surface area contributed by atoms with Gasteiger partial charge in [-0.2, -0.15) is 4.57 Å². The molecule has 0 atom stereocenters.